The summed E-state index contributed by atoms with van der Waals surface area (Å²) in [5.74, 6) is -0.251. The Bertz CT molecular complexity index is 691. The lowest BCUT2D eigenvalue weighted by atomic mass is 9.89. The second-order valence-electron chi connectivity index (χ2n) is 5.98. The van der Waals surface area contributed by atoms with Crippen LogP contribution in [0, 0.1) is 5.82 Å². The highest BCUT2D eigenvalue weighted by Gasteiger charge is 2.28. The number of H-pyrrole nitrogens is 1. The van der Waals surface area contributed by atoms with Crippen molar-refractivity contribution in [2.45, 2.75) is 31.8 Å². The van der Waals surface area contributed by atoms with Crippen molar-refractivity contribution in [1.82, 2.24) is 15.1 Å². The molecule has 5 nitrogen and oxygen atoms in total. The zero-order valence-electron chi connectivity index (χ0n) is 13.0. The molecule has 3 rings (SSSR count). The van der Waals surface area contributed by atoms with Crippen molar-refractivity contribution in [2.24, 2.45) is 0 Å². The number of nitrogens with zero attached hydrogens (tertiary/aromatic N) is 2. The smallest absolute Gasteiger partial charge is 0.251 e. The first-order valence-electron chi connectivity index (χ1n) is 7.82. The van der Waals surface area contributed by atoms with Crippen LogP contribution in [0.25, 0.3) is 11.1 Å². The van der Waals surface area contributed by atoms with Gasteiger partial charge in [-0.05, 0) is 37.5 Å². The first kappa shape index (κ1) is 15.7. The summed E-state index contributed by atoms with van der Waals surface area (Å²) in [5.41, 5.74) is 2.70. The van der Waals surface area contributed by atoms with Gasteiger partial charge in [0.1, 0.15) is 11.9 Å². The third-order valence-corrected chi connectivity index (χ3v) is 4.38. The number of aromatic amines is 1. The quantitative estimate of drug-likeness (QED) is 0.912. The molecule has 1 aromatic heterocycles. The van der Waals surface area contributed by atoms with Gasteiger partial charge in [0.2, 0.25) is 0 Å². The molecule has 23 heavy (non-hydrogen) atoms. The second-order valence-corrected chi connectivity index (χ2v) is 5.98. The van der Waals surface area contributed by atoms with Gasteiger partial charge in [0, 0.05) is 30.3 Å². The summed E-state index contributed by atoms with van der Waals surface area (Å²) in [6, 6.07) is 6.47. The van der Waals surface area contributed by atoms with Gasteiger partial charge in [-0.15, -0.1) is 0 Å². The lowest BCUT2D eigenvalue weighted by Gasteiger charge is -2.32. The minimum Gasteiger partial charge on any atom is -0.384 e. The SMILES string of the molecule is CC(O)C(=O)N1CCC(c2[nH]ncc2-c2cccc(F)c2)CC1. The molecule has 2 heterocycles. The summed E-state index contributed by atoms with van der Waals surface area (Å²) >= 11 is 0. The number of carbonyl (C=O) groups excluding carboxylic acids is 1. The molecule has 1 amide bonds. The number of rotatable bonds is 3. The van der Waals surface area contributed by atoms with E-state index < -0.39 is 6.10 Å². The van der Waals surface area contributed by atoms with E-state index in [1.807, 2.05) is 6.07 Å². The highest BCUT2D eigenvalue weighted by molar-refractivity contribution is 5.80. The Balaban J connectivity index is 1.75. The number of aromatic nitrogens is 2. The number of carbonyl (C=O) groups is 1. The molecule has 122 valence electrons. The Hall–Kier alpha value is -2.21. The largest absolute Gasteiger partial charge is 0.384 e. The van der Waals surface area contributed by atoms with Crippen LogP contribution in [0.4, 0.5) is 4.39 Å². The van der Waals surface area contributed by atoms with Crippen LogP contribution >= 0.6 is 0 Å². The van der Waals surface area contributed by atoms with Crippen molar-refractivity contribution in [2.75, 3.05) is 13.1 Å². The molecule has 0 radical (unpaired) electrons. The van der Waals surface area contributed by atoms with Crippen molar-refractivity contribution in [3.8, 4) is 11.1 Å². The average Bonchev–Trinajstić information content (AvgIpc) is 3.04. The first-order chi connectivity index (χ1) is 11.1. The summed E-state index contributed by atoms with van der Waals surface area (Å²) in [4.78, 5) is 13.5. The molecule has 0 spiro atoms. The van der Waals surface area contributed by atoms with Gasteiger partial charge in [0.05, 0.1) is 6.20 Å². The van der Waals surface area contributed by atoms with Gasteiger partial charge in [-0.2, -0.15) is 5.10 Å². The molecule has 0 saturated carbocycles. The van der Waals surface area contributed by atoms with Crippen molar-refractivity contribution in [3.05, 3.63) is 42.0 Å². The molecule has 0 aliphatic carbocycles. The molecule has 1 saturated heterocycles. The fourth-order valence-corrected chi connectivity index (χ4v) is 3.15. The summed E-state index contributed by atoms with van der Waals surface area (Å²) in [5, 5.41) is 16.6. The number of halogens is 1. The van der Waals surface area contributed by atoms with E-state index >= 15 is 0 Å². The van der Waals surface area contributed by atoms with E-state index in [4.69, 9.17) is 0 Å². The van der Waals surface area contributed by atoms with Gasteiger partial charge < -0.3 is 10.0 Å². The van der Waals surface area contributed by atoms with Crippen molar-refractivity contribution < 1.29 is 14.3 Å². The molecular formula is C17H20FN3O2. The maximum Gasteiger partial charge on any atom is 0.251 e. The monoisotopic (exact) mass is 317 g/mol. The summed E-state index contributed by atoms with van der Waals surface area (Å²) < 4.78 is 13.5. The number of aliphatic hydroxyl groups is 1. The van der Waals surface area contributed by atoms with Gasteiger partial charge in [-0.1, -0.05) is 12.1 Å². The molecule has 1 fully saturated rings. The van der Waals surface area contributed by atoms with Crippen LogP contribution in [0.5, 0.6) is 0 Å². The number of likely N-dealkylation sites (tertiary alicyclic amines) is 1. The topological polar surface area (TPSA) is 69.2 Å². The normalized spacial score (nSPS) is 17.3. The Kier molecular flexibility index (Phi) is 4.43. The van der Waals surface area contributed by atoms with E-state index in [1.165, 1.54) is 19.1 Å². The standard InChI is InChI=1S/C17H20FN3O2/c1-11(22)17(23)21-7-5-12(6-8-21)16-15(10-19-20-16)13-3-2-4-14(18)9-13/h2-4,9-12,22H,5-8H2,1H3,(H,19,20). The summed E-state index contributed by atoms with van der Waals surface area (Å²) in [7, 11) is 0. The molecule has 1 aliphatic rings. The van der Waals surface area contributed by atoms with Crippen LogP contribution < -0.4 is 0 Å². The molecule has 2 N–H and O–H groups in total. The number of nitrogens with one attached hydrogen (secondary N) is 1. The van der Waals surface area contributed by atoms with Gasteiger partial charge in [0.15, 0.2) is 0 Å². The Morgan fingerprint density at radius 3 is 2.83 bits per heavy atom. The molecule has 1 unspecified atom stereocenters. The van der Waals surface area contributed by atoms with Crippen LogP contribution in [0.15, 0.2) is 30.5 Å². The molecule has 6 heteroatoms. The lowest BCUT2D eigenvalue weighted by Crippen LogP contribution is -2.42. The van der Waals surface area contributed by atoms with E-state index in [9.17, 15) is 14.3 Å². The Morgan fingerprint density at radius 2 is 2.17 bits per heavy atom. The third kappa shape index (κ3) is 3.27. The summed E-state index contributed by atoms with van der Waals surface area (Å²) in [6.45, 7) is 2.71. The second kappa shape index (κ2) is 6.50. The predicted octanol–water partition coefficient (Wildman–Crippen LogP) is 2.30. The number of hydrogen-bond acceptors (Lipinski definition) is 3. The fourth-order valence-electron chi connectivity index (χ4n) is 3.15. The number of amides is 1. The molecule has 2 aromatic rings. The molecule has 1 aliphatic heterocycles. The third-order valence-electron chi connectivity index (χ3n) is 4.38. The van der Waals surface area contributed by atoms with Crippen molar-refractivity contribution in [3.63, 3.8) is 0 Å². The van der Waals surface area contributed by atoms with E-state index in [2.05, 4.69) is 10.2 Å². The van der Waals surface area contributed by atoms with Gasteiger partial charge >= 0.3 is 0 Å². The number of hydrogen-bond donors (Lipinski definition) is 2. The van der Waals surface area contributed by atoms with Gasteiger partial charge in [0.25, 0.3) is 5.91 Å². The van der Waals surface area contributed by atoms with Gasteiger partial charge in [-0.3, -0.25) is 9.89 Å². The lowest BCUT2D eigenvalue weighted by molar-refractivity contribution is -0.140. The number of benzene rings is 1. The van der Waals surface area contributed by atoms with E-state index in [0.717, 1.165) is 29.7 Å². The highest BCUT2D eigenvalue weighted by Crippen LogP contribution is 2.34. The molecule has 1 aromatic carbocycles. The zero-order valence-corrected chi connectivity index (χ0v) is 13.0. The van der Waals surface area contributed by atoms with Crippen molar-refractivity contribution >= 4 is 5.91 Å². The van der Waals surface area contributed by atoms with Crippen LogP contribution in [0.3, 0.4) is 0 Å². The fraction of sp³-hybridized carbons (Fsp3) is 0.412. The highest BCUT2D eigenvalue weighted by atomic mass is 19.1. The maximum atomic E-state index is 13.5. The van der Waals surface area contributed by atoms with E-state index in [1.54, 1.807) is 17.2 Å². The van der Waals surface area contributed by atoms with Gasteiger partial charge in [-0.25, -0.2) is 4.39 Å². The number of piperidine rings is 1. The van der Waals surface area contributed by atoms with Crippen LogP contribution in [0.2, 0.25) is 0 Å². The minimum absolute atomic E-state index is 0.224. The predicted molar refractivity (Wildman–Crippen MR) is 84.2 cm³/mol. The van der Waals surface area contributed by atoms with Crippen LogP contribution in [-0.2, 0) is 4.79 Å². The minimum atomic E-state index is -0.957. The Morgan fingerprint density at radius 1 is 1.43 bits per heavy atom. The molecule has 1 atom stereocenters. The number of aliphatic hydroxyl groups excluding tert-OH is 1. The Labute approximate surface area is 134 Å². The van der Waals surface area contributed by atoms with E-state index in [0.29, 0.717) is 13.1 Å². The summed E-state index contributed by atoms with van der Waals surface area (Å²) in [6.07, 6.45) is 2.35. The van der Waals surface area contributed by atoms with Crippen molar-refractivity contribution in [1.29, 1.82) is 0 Å². The first-order valence-corrected chi connectivity index (χ1v) is 7.82. The zero-order chi connectivity index (χ0) is 16.4. The molecular weight excluding hydrogens is 297 g/mol. The molecule has 0 bridgehead atoms. The maximum absolute atomic E-state index is 13.5. The van der Waals surface area contributed by atoms with Crippen LogP contribution in [0.1, 0.15) is 31.4 Å². The van der Waals surface area contributed by atoms with Crippen LogP contribution in [-0.4, -0.2) is 45.3 Å². The van der Waals surface area contributed by atoms with E-state index in [-0.39, 0.29) is 17.6 Å². The average molecular weight is 317 g/mol.